The minimum Gasteiger partial charge on any atom is -0.493 e. The second kappa shape index (κ2) is 12.5. The summed E-state index contributed by atoms with van der Waals surface area (Å²) in [6.45, 7) is 2.11. The predicted molar refractivity (Wildman–Crippen MR) is 141 cm³/mol. The monoisotopic (exact) mass is 658 g/mol. The summed E-state index contributed by atoms with van der Waals surface area (Å²) in [4.78, 5) is 29.9. The maximum atomic E-state index is 15.1. The average Bonchev–Trinajstić information content (AvgIpc) is 3.73. The lowest BCUT2D eigenvalue weighted by atomic mass is 9.97. The van der Waals surface area contributed by atoms with Gasteiger partial charge in [-0.3, -0.25) is 9.69 Å². The molecule has 0 bridgehead atoms. The number of likely N-dealkylation sites (tertiary alicyclic amines) is 1. The highest BCUT2D eigenvalue weighted by Crippen LogP contribution is 2.45. The molecule has 2 aromatic carbocycles. The van der Waals surface area contributed by atoms with Crippen LogP contribution in [-0.2, 0) is 26.2 Å². The van der Waals surface area contributed by atoms with Gasteiger partial charge in [-0.25, -0.2) is 22.0 Å². The fourth-order valence-electron chi connectivity index (χ4n) is 4.54. The van der Waals surface area contributed by atoms with Gasteiger partial charge in [0.1, 0.15) is 11.6 Å². The smallest absolute Gasteiger partial charge is 0.493 e. The average molecular weight is 659 g/mol. The third kappa shape index (κ3) is 7.82. The summed E-state index contributed by atoms with van der Waals surface area (Å²) in [6, 6.07) is 4.95. The van der Waals surface area contributed by atoms with Crippen molar-refractivity contribution < 1.29 is 49.5 Å². The molecule has 16 heteroatoms. The van der Waals surface area contributed by atoms with Gasteiger partial charge in [-0.05, 0) is 79.9 Å². The van der Waals surface area contributed by atoms with Crippen LogP contribution in [0.3, 0.4) is 0 Å². The summed E-state index contributed by atoms with van der Waals surface area (Å²) in [5.41, 5.74) is 0.264. The van der Waals surface area contributed by atoms with Crippen molar-refractivity contribution in [1.82, 2.24) is 9.37 Å². The van der Waals surface area contributed by atoms with Gasteiger partial charge in [0.25, 0.3) is 10.0 Å². The number of sulfonamides is 1. The van der Waals surface area contributed by atoms with Crippen LogP contribution in [0, 0.1) is 17.6 Å². The van der Waals surface area contributed by atoms with E-state index in [9.17, 15) is 35.6 Å². The van der Waals surface area contributed by atoms with E-state index >= 15 is 4.39 Å². The number of benzene rings is 2. The molecular weight excluding hydrogens is 634 g/mol. The molecule has 8 nitrogen and oxygen atoms in total. The van der Waals surface area contributed by atoms with Crippen molar-refractivity contribution in [3.8, 4) is 5.75 Å². The van der Waals surface area contributed by atoms with Gasteiger partial charge in [-0.2, -0.15) is 13.2 Å². The van der Waals surface area contributed by atoms with E-state index in [-0.39, 0.29) is 34.2 Å². The van der Waals surface area contributed by atoms with Gasteiger partial charge < -0.3 is 9.57 Å². The maximum Gasteiger partial charge on any atom is 0.493 e. The van der Waals surface area contributed by atoms with Gasteiger partial charge in [0, 0.05) is 12.6 Å². The van der Waals surface area contributed by atoms with Crippen LogP contribution in [0.2, 0.25) is 10.0 Å². The lowest BCUT2D eigenvalue weighted by Crippen LogP contribution is -2.42. The van der Waals surface area contributed by atoms with Gasteiger partial charge >= 0.3 is 18.1 Å². The van der Waals surface area contributed by atoms with E-state index < -0.39 is 49.7 Å². The zero-order valence-electron chi connectivity index (χ0n) is 22.0. The van der Waals surface area contributed by atoms with Crippen molar-refractivity contribution in [2.45, 2.75) is 44.3 Å². The molecular formula is C26H25Cl2F5N2O6S. The highest BCUT2D eigenvalue weighted by Gasteiger charge is 2.45. The Morgan fingerprint density at radius 3 is 2.14 bits per heavy atom. The van der Waals surface area contributed by atoms with Gasteiger partial charge in [0.15, 0.2) is 5.82 Å². The molecule has 0 N–H and O–H groups in total. The molecule has 230 valence electrons. The van der Waals surface area contributed by atoms with Crippen LogP contribution in [0.15, 0.2) is 24.3 Å². The number of ether oxygens (including phenoxy) is 1. The Balaban J connectivity index is 1.42. The number of halogens is 7. The highest BCUT2D eigenvalue weighted by atomic mass is 35.5. The number of rotatable bonds is 8. The van der Waals surface area contributed by atoms with Crippen molar-refractivity contribution in [1.29, 1.82) is 0 Å². The number of hydrogen-bond acceptors (Lipinski definition) is 7. The van der Waals surface area contributed by atoms with E-state index in [0.717, 1.165) is 30.5 Å². The van der Waals surface area contributed by atoms with Gasteiger partial charge in [0.2, 0.25) is 0 Å². The first-order valence-corrected chi connectivity index (χ1v) is 15.3. The Bertz CT molecular complexity index is 1460. The topological polar surface area (TPSA) is 93.2 Å². The lowest BCUT2D eigenvalue weighted by Gasteiger charge is -2.32. The number of hydrogen-bond donors (Lipinski definition) is 0. The molecule has 1 aliphatic carbocycles. The lowest BCUT2D eigenvalue weighted by molar-refractivity contribution is -0.216. The largest absolute Gasteiger partial charge is 0.493 e. The first kappa shape index (κ1) is 32.2. The Kier molecular flexibility index (Phi) is 9.60. The van der Waals surface area contributed by atoms with Crippen LogP contribution < -0.4 is 4.74 Å². The molecule has 1 heterocycles. The van der Waals surface area contributed by atoms with Crippen molar-refractivity contribution in [2.24, 2.45) is 5.92 Å². The van der Waals surface area contributed by atoms with Crippen molar-refractivity contribution in [3.63, 3.8) is 0 Å². The fraction of sp³-hybridized carbons (Fsp3) is 0.462. The molecule has 4 rings (SSSR count). The van der Waals surface area contributed by atoms with Gasteiger partial charge in [-0.15, -0.1) is 0 Å². The fourth-order valence-corrected chi connectivity index (χ4v) is 5.67. The molecule has 42 heavy (non-hydrogen) atoms. The molecule has 1 aliphatic heterocycles. The van der Waals surface area contributed by atoms with E-state index in [1.807, 2.05) is 0 Å². The third-order valence-electron chi connectivity index (χ3n) is 6.84. The predicted octanol–water partition coefficient (Wildman–Crippen LogP) is 5.86. The van der Waals surface area contributed by atoms with E-state index in [1.165, 1.54) is 12.1 Å². The summed E-state index contributed by atoms with van der Waals surface area (Å²) in [7, 11) is -4.86. The van der Waals surface area contributed by atoms with Crippen LogP contribution >= 0.6 is 23.2 Å². The molecule has 2 aromatic rings. The minimum absolute atomic E-state index is 0.0569. The molecule has 1 amide bonds. The van der Waals surface area contributed by atoms with Crippen LogP contribution in [0.25, 0.3) is 0 Å². The molecule has 0 radical (unpaired) electrons. The van der Waals surface area contributed by atoms with E-state index in [4.69, 9.17) is 27.9 Å². The number of amides is 1. The molecule has 0 atom stereocenters. The quantitative estimate of drug-likeness (QED) is 0.199. The van der Waals surface area contributed by atoms with Gasteiger partial charge in [0.05, 0.1) is 28.5 Å². The van der Waals surface area contributed by atoms with E-state index in [0.29, 0.717) is 44.3 Å². The van der Waals surface area contributed by atoms with Gasteiger partial charge in [-0.1, -0.05) is 27.7 Å². The van der Waals surface area contributed by atoms with Crippen LogP contribution in [0.1, 0.15) is 53.1 Å². The SMILES string of the molecule is CS(=O)(=O)N(OC(=O)C(F)(F)F)C(=O)c1cc(C2CC2)c(OCC2CCN(Cc3cc(Cl)c(F)c(Cl)c3)CC2)cc1F. The molecule has 2 fully saturated rings. The number of hydroxylamine groups is 1. The van der Waals surface area contributed by atoms with Crippen LogP contribution in [-0.4, -0.2) is 61.8 Å². The van der Waals surface area contributed by atoms with Crippen LogP contribution in [0.4, 0.5) is 22.0 Å². The zero-order valence-corrected chi connectivity index (χ0v) is 24.3. The molecule has 0 spiro atoms. The second-order valence-electron chi connectivity index (χ2n) is 10.2. The summed E-state index contributed by atoms with van der Waals surface area (Å²) in [5.74, 6) is -6.59. The van der Waals surface area contributed by atoms with Crippen molar-refractivity contribution in [3.05, 3.63) is 62.6 Å². The highest BCUT2D eigenvalue weighted by molar-refractivity contribution is 7.88. The van der Waals surface area contributed by atoms with E-state index in [2.05, 4.69) is 9.74 Å². The first-order chi connectivity index (χ1) is 19.5. The normalized spacial score (nSPS) is 16.8. The molecule has 1 saturated carbocycles. The Morgan fingerprint density at radius 1 is 1.02 bits per heavy atom. The molecule has 0 aromatic heterocycles. The summed E-state index contributed by atoms with van der Waals surface area (Å²) in [6.07, 6.45) is -2.46. The summed E-state index contributed by atoms with van der Waals surface area (Å²) >= 11 is 11.8. The third-order valence-corrected chi connectivity index (χ3v) is 8.24. The number of alkyl halides is 3. The minimum atomic E-state index is -5.60. The first-order valence-electron chi connectivity index (χ1n) is 12.7. The number of carbonyl (C=O) groups excluding carboxylic acids is 2. The molecule has 0 unspecified atom stereocenters. The number of nitrogens with zero attached hydrogens (tertiary/aromatic N) is 2. The number of carbonyl (C=O) groups is 2. The van der Waals surface area contributed by atoms with Crippen molar-refractivity contribution >= 4 is 45.1 Å². The standard InChI is InChI=1S/C26H25Cl2F5N2O6S/c1-42(38,39)35(41-25(37)26(31,32)33)24(36)18-10-17(16-2-3-16)22(11-21(18)29)40-13-14-4-6-34(7-5-14)12-15-8-19(27)23(30)20(28)9-15/h8-11,14,16H,2-7,12-13H2,1H3. The molecule has 2 aliphatic rings. The Labute approximate surface area is 248 Å². The Hall–Kier alpha value is -2.68. The summed E-state index contributed by atoms with van der Waals surface area (Å²) < 4.78 is 95.7. The zero-order chi connectivity index (χ0) is 31.0. The van der Waals surface area contributed by atoms with Crippen molar-refractivity contribution in [2.75, 3.05) is 26.0 Å². The maximum absolute atomic E-state index is 15.1. The second-order valence-corrected chi connectivity index (χ2v) is 12.8. The molecule has 1 saturated heterocycles. The number of piperidine rings is 1. The van der Waals surface area contributed by atoms with Crippen LogP contribution in [0.5, 0.6) is 5.75 Å². The summed E-state index contributed by atoms with van der Waals surface area (Å²) in [5, 5.41) is -0.114. The van der Waals surface area contributed by atoms with E-state index in [1.54, 1.807) is 0 Å². The Morgan fingerprint density at radius 2 is 1.62 bits per heavy atom.